The number of hydrogen-bond acceptors (Lipinski definition) is 5. The van der Waals surface area contributed by atoms with Gasteiger partial charge in [-0.05, 0) is 49.7 Å². The number of ether oxygens (including phenoxy) is 1. The molecule has 1 aliphatic heterocycles. The second-order valence-corrected chi connectivity index (χ2v) is 6.62. The summed E-state index contributed by atoms with van der Waals surface area (Å²) in [5.74, 6) is -1.18. The topological polar surface area (TPSA) is 96.0 Å². The van der Waals surface area contributed by atoms with E-state index in [1.165, 1.54) is 0 Å². The minimum Gasteiger partial charge on any atom is -0.457 e. The number of rotatable bonds is 7. The van der Waals surface area contributed by atoms with Crippen LogP contribution < -0.4 is 10.1 Å². The molecule has 1 heterocycles. The van der Waals surface area contributed by atoms with Crippen LogP contribution in [0.1, 0.15) is 18.9 Å². The fourth-order valence-electron chi connectivity index (χ4n) is 2.80. The van der Waals surface area contributed by atoms with Crippen molar-refractivity contribution in [2.24, 2.45) is 0 Å². The molecule has 0 spiro atoms. The van der Waals surface area contributed by atoms with E-state index in [1.54, 1.807) is 31.2 Å². The molecule has 8 nitrogen and oxygen atoms in total. The van der Waals surface area contributed by atoms with Gasteiger partial charge in [0.1, 0.15) is 18.0 Å². The van der Waals surface area contributed by atoms with Crippen molar-refractivity contribution in [3.8, 4) is 11.5 Å². The average Bonchev–Trinajstić information content (AvgIpc) is 2.90. The molecule has 5 amide bonds. The molecule has 0 saturated carbocycles. The van der Waals surface area contributed by atoms with Gasteiger partial charge in [-0.2, -0.15) is 0 Å². The molecule has 0 unspecified atom stereocenters. The van der Waals surface area contributed by atoms with Gasteiger partial charge in [-0.1, -0.05) is 24.6 Å². The largest absolute Gasteiger partial charge is 0.457 e. The number of amides is 5. The van der Waals surface area contributed by atoms with Crippen molar-refractivity contribution in [3.63, 3.8) is 0 Å². The highest BCUT2D eigenvalue weighted by Gasteiger charge is 2.44. The van der Waals surface area contributed by atoms with Gasteiger partial charge >= 0.3 is 17.8 Å². The maximum atomic E-state index is 12.2. The predicted molar refractivity (Wildman–Crippen MR) is 105 cm³/mol. The third-order valence-electron chi connectivity index (χ3n) is 4.28. The minimum atomic E-state index is -0.986. The average molecular weight is 395 g/mol. The van der Waals surface area contributed by atoms with Crippen molar-refractivity contribution >= 4 is 29.4 Å². The van der Waals surface area contributed by atoms with E-state index >= 15 is 0 Å². The van der Waals surface area contributed by atoms with Crippen molar-refractivity contribution in [1.82, 2.24) is 9.80 Å². The van der Waals surface area contributed by atoms with Crippen LogP contribution in [0.2, 0.25) is 0 Å². The third-order valence-corrected chi connectivity index (χ3v) is 4.28. The third kappa shape index (κ3) is 4.60. The Morgan fingerprint density at radius 1 is 0.897 bits per heavy atom. The first-order valence-electron chi connectivity index (χ1n) is 9.21. The van der Waals surface area contributed by atoms with Crippen LogP contribution in [-0.2, 0) is 14.4 Å². The number of anilines is 1. The first-order chi connectivity index (χ1) is 13.9. The molecule has 150 valence electrons. The summed E-state index contributed by atoms with van der Waals surface area (Å²) in [7, 11) is 0. The Balaban J connectivity index is 1.58. The van der Waals surface area contributed by atoms with E-state index in [2.05, 4.69) is 5.32 Å². The van der Waals surface area contributed by atoms with Gasteiger partial charge in [0, 0.05) is 12.2 Å². The van der Waals surface area contributed by atoms with Gasteiger partial charge in [-0.25, -0.2) is 9.69 Å². The number of benzene rings is 2. The molecular weight excluding hydrogens is 374 g/mol. The maximum absolute atomic E-state index is 12.2. The Kier molecular flexibility index (Phi) is 5.92. The SMILES string of the molecule is CCCN1C(=O)C(=O)N(CC(=O)Nc2ccc(Oc3ccc(C)cc3)cc2)C1=O. The first kappa shape index (κ1) is 20.1. The van der Waals surface area contributed by atoms with Gasteiger partial charge in [0.05, 0.1) is 0 Å². The molecule has 1 N–H and O–H groups in total. The lowest BCUT2D eigenvalue weighted by atomic mass is 10.2. The fourth-order valence-corrected chi connectivity index (χ4v) is 2.80. The second kappa shape index (κ2) is 8.55. The lowest BCUT2D eigenvalue weighted by Crippen LogP contribution is -2.39. The van der Waals surface area contributed by atoms with E-state index in [0.29, 0.717) is 28.5 Å². The Morgan fingerprint density at radius 2 is 1.45 bits per heavy atom. The van der Waals surface area contributed by atoms with Crippen molar-refractivity contribution in [3.05, 3.63) is 54.1 Å². The molecule has 29 heavy (non-hydrogen) atoms. The number of hydrogen-bond donors (Lipinski definition) is 1. The molecule has 2 aromatic carbocycles. The Morgan fingerprint density at radius 3 is 2.03 bits per heavy atom. The van der Waals surface area contributed by atoms with Crippen molar-refractivity contribution in [2.75, 3.05) is 18.4 Å². The molecule has 0 atom stereocenters. The molecule has 0 bridgehead atoms. The molecule has 0 aromatic heterocycles. The summed E-state index contributed by atoms with van der Waals surface area (Å²) in [6.07, 6.45) is 0.530. The lowest BCUT2D eigenvalue weighted by Gasteiger charge is -2.14. The minimum absolute atomic E-state index is 0.143. The smallest absolute Gasteiger partial charge is 0.334 e. The Bertz CT molecular complexity index is 938. The van der Waals surface area contributed by atoms with Gasteiger partial charge in [0.15, 0.2) is 0 Å². The number of nitrogens with zero attached hydrogens (tertiary/aromatic N) is 2. The molecule has 1 aliphatic rings. The number of imide groups is 2. The van der Waals surface area contributed by atoms with E-state index in [9.17, 15) is 19.2 Å². The molecule has 3 rings (SSSR count). The van der Waals surface area contributed by atoms with Crippen LogP contribution in [0.15, 0.2) is 48.5 Å². The zero-order chi connectivity index (χ0) is 21.0. The summed E-state index contributed by atoms with van der Waals surface area (Å²) >= 11 is 0. The maximum Gasteiger partial charge on any atom is 0.334 e. The van der Waals surface area contributed by atoms with E-state index < -0.39 is 30.3 Å². The highest BCUT2D eigenvalue weighted by atomic mass is 16.5. The van der Waals surface area contributed by atoms with Gasteiger partial charge in [0.2, 0.25) is 5.91 Å². The number of nitrogens with one attached hydrogen (secondary N) is 1. The molecule has 1 fully saturated rings. The zero-order valence-electron chi connectivity index (χ0n) is 16.2. The van der Waals surface area contributed by atoms with Gasteiger partial charge < -0.3 is 10.1 Å². The molecular formula is C21H21N3O5. The van der Waals surface area contributed by atoms with Crippen molar-refractivity contribution in [1.29, 1.82) is 0 Å². The fraction of sp³-hybridized carbons (Fsp3) is 0.238. The van der Waals surface area contributed by atoms with Crippen LogP contribution in [0.3, 0.4) is 0 Å². The van der Waals surface area contributed by atoms with Crippen molar-refractivity contribution in [2.45, 2.75) is 20.3 Å². The summed E-state index contributed by atoms with van der Waals surface area (Å²) < 4.78 is 5.72. The second-order valence-electron chi connectivity index (χ2n) is 6.62. The molecule has 0 radical (unpaired) electrons. The van der Waals surface area contributed by atoms with Gasteiger partial charge in [-0.15, -0.1) is 0 Å². The van der Waals surface area contributed by atoms with Crippen LogP contribution in [0.5, 0.6) is 11.5 Å². The van der Waals surface area contributed by atoms with Crippen LogP contribution >= 0.6 is 0 Å². The quantitative estimate of drug-likeness (QED) is 0.574. The van der Waals surface area contributed by atoms with Gasteiger partial charge in [-0.3, -0.25) is 19.3 Å². The van der Waals surface area contributed by atoms with Crippen LogP contribution in [-0.4, -0.2) is 46.6 Å². The molecule has 8 heteroatoms. The normalized spacial score (nSPS) is 13.8. The number of carbonyl (C=O) groups excluding carboxylic acids is 4. The van der Waals surface area contributed by atoms with Crippen LogP contribution in [0.4, 0.5) is 10.5 Å². The lowest BCUT2D eigenvalue weighted by molar-refractivity contribution is -0.143. The molecule has 0 aliphatic carbocycles. The summed E-state index contributed by atoms with van der Waals surface area (Å²) in [4.78, 5) is 49.7. The van der Waals surface area contributed by atoms with Crippen molar-refractivity contribution < 1.29 is 23.9 Å². The summed E-state index contributed by atoms with van der Waals surface area (Å²) in [5, 5.41) is 2.60. The van der Waals surface area contributed by atoms with Crippen LogP contribution in [0.25, 0.3) is 0 Å². The highest BCUT2D eigenvalue weighted by Crippen LogP contribution is 2.23. The zero-order valence-corrected chi connectivity index (χ0v) is 16.2. The number of urea groups is 1. The van der Waals surface area contributed by atoms with E-state index in [0.717, 1.165) is 10.5 Å². The Hall–Kier alpha value is -3.68. The van der Waals surface area contributed by atoms with Crippen LogP contribution in [0, 0.1) is 6.92 Å². The van der Waals surface area contributed by atoms with E-state index in [-0.39, 0.29) is 6.54 Å². The molecule has 1 saturated heterocycles. The number of aryl methyl sites for hydroxylation is 1. The standard InChI is InChI=1S/C21H21N3O5/c1-3-12-23-19(26)20(27)24(21(23)28)13-18(25)22-15-6-10-17(11-7-15)29-16-8-4-14(2)5-9-16/h4-11H,3,12-13H2,1-2H3,(H,22,25). The molecule has 2 aromatic rings. The first-order valence-corrected chi connectivity index (χ1v) is 9.21. The highest BCUT2D eigenvalue weighted by molar-refractivity contribution is 6.45. The predicted octanol–water partition coefficient (Wildman–Crippen LogP) is 2.93. The van der Waals surface area contributed by atoms with E-state index in [1.807, 2.05) is 31.2 Å². The monoisotopic (exact) mass is 395 g/mol. The number of carbonyl (C=O) groups is 4. The van der Waals surface area contributed by atoms with Gasteiger partial charge in [0.25, 0.3) is 0 Å². The van der Waals surface area contributed by atoms with E-state index in [4.69, 9.17) is 4.74 Å². The summed E-state index contributed by atoms with van der Waals surface area (Å²) in [6.45, 7) is 3.39. The summed E-state index contributed by atoms with van der Waals surface area (Å²) in [6, 6.07) is 13.5. The Labute approximate surface area is 168 Å². The summed E-state index contributed by atoms with van der Waals surface area (Å²) in [5.41, 5.74) is 1.60.